The summed E-state index contributed by atoms with van der Waals surface area (Å²) in [6, 6.07) is 15.2. The van der Waals surface area contributed by atoms with Gasteiger partial charge in [-0.1, -0.05) is 59.7 Å². The van der Waals surface area contributed by atoms with E-state index < -0.39 is 29.9 Å². The van der Waals surface area contributed by atoms with Crippen molar-refractivity contribution in [2.45, 2.75) is 26.5 Å². The number of ether oxygens (including phenoxy) is 1. The molecule has 0 saturated heterocycles. The highest BCUT2D eigenvalue weighted by Gasteiger charge is 2.26. The second-order valence-corrected chi connectivity index (χ2v) is 6.75. The number of carbonyl (C=O) groups excluding carboxylic acids is 2. The van der Waals surface area contributed by atoms with E-state index in [1.54, 1.807) is 36.4 Å². The van der Waals surface area contributed by atoms with Crippen molar-refractivity contribution in [3.05, 3.63) is 104 Å². The maximum absolute atomic E-state index is 13.0. The smallest absolute Gasteiger partial charge is 0.328 e. The first-order valence-electron chi connectivity index (χ1n) is 9.00. The standard InChI is InChI=1S/C22H20N2O5/c1-14-3-7-16(8-4-14)20(27)21(17-9-5-15(2)6-10-17)29-19(26)13-24-12-11-18(25)23-22(24)28/h3-12,21H,13H2,1-2H3,(H,23,25,28)/t21-/m1/s1. The number of hydrogen-bond donors (Lipinski definition) is 1. The molecule has 0 bridgehead atoms. The molecule has 0 amide bonds. The van der Waals surface area contributed by atoms with Gasteiger partial charge in [0.1, 0.15) is 6.54 Å². The van der Waals surface area contributed by atoms with Crippen molar-refractivity contribution in [2.75, 3.05) is 0 Å². The van der Waals surface area contributed by atoms with Crippen molar-refractivity contribution in [1.82, 2.24) is 9.55 Å². The molecule has 1 aromatic heterocycles. The fourth-order valence-corrected chi connectivity index (χ4v) is 2.76. The number of nitrogens with one attached hydrogen (secondary N) is 1. The van der Waals surface area contributed by atoms with Gasteiger partial charge in [0.15, 0.2) is 6.10 Å². The summed E-state index contributed by atoms with van der Waals surface area (Å²) in [6.45, 7) is 3.39. The Kier molecular flexibility index (Phi) is 5.87. The van der Waals surface area contributed by atoms with E-state index >= 15 is 0 Å². The van der Waals surface area contributed by atoms with Gasteiger partial charge in [-0.3, -0.25) is 23.9 Å². The number of carbonyl (C=O) groups is 2. The third-order valence-electron chi connectivity index (χ3n) is 4.40. The Labute approximate surface area is 166 Å². The number of aryl methyl sites for hydroxylation is 2. The third kappa shape index (κ3) is 4.95. The molecular formula is C22H20N2O5. The molecule has 0 radical (unpaired) electrons. The van der Waals surface area contributed by atoms with Crippen LogP contribution in [0.5, 0.6) is 0 Å². The van der Waals surface area contributed by atoms with Gasteiger partial charge in [-0.2, -0.15) is 0 Å². The van der Waals surface area contributed by atoms with Gasteiger partial charge < -0.3 is 4.74 Å². The molecule has 3 rings (SSSR count). The summed E-state index contributed by atoms with van der Waals surface area (Å²) in [5, 5.41) is 0. The van der Waals surface area contributed by atoms with Gasteiger partial charge in [0.25, 0.3) is 5.56 Å². The van der Waals surface area contributed by atoms with Crippen LogP contribution in [-0.4, -0.2) is 21.3 Å². The summed E-state index contributed by atoms with van der Waals surface area (Å²) in [5.74, 6) is -1.14. The Morgan fingerprint density at radius 3 is 2.10 bits per heavy atom. The predicted molar refractivity (Wildman–Crippen MR) is 107 cm³/mol. The fourth-order valence-electron chi connectivity index (χ4n) is 2.76. The van der Waals surface area contributed by atoms with Crippen LogP contribution in [0.2, 0.25) is 0 Å². The van der Waals surface area contributed by atoms with Crippen LogP contribution in [0.4, 0.5) is 0 Å². The topological polar surface area (TPSA) is 98.2 Å². The van der Waals surface area contributed by atoms with E-state index in [2.05, 4.69) is 4.98 Å². The van der Waals surface area contributed by atoms with Gasteiger partial charge in [-0.25, -0.2) is 4.79 Å². The van der Waals surface area contributed by atoms with E-state index in [1.165, 1.54) is 6.20 Å². The van der Waals surface area contributed by atoms with Crippen LogP contribution in [-0.2, 0) is 16.1 Å². The molecule has 0 aliphatic rings. The number of ketones is 1. The second kappa shape index (κ2) is 8.52. The zero-order valence-electron chi connectivity index (χ0n) is 16.0. The molecule has 0 aliphatic carbocycles. The van der Waals surface area contributed by atoms with Crippen LogP contribution in [0, 0.1) is 13.8 Å². The highest BCUT2D eigenvalue weighted by molar-refractivity contribution is 6.01. The minimum atomic E-state index is -1.15. The molecule has 1 N–H and O–H groups in total. The number of aromatic nitrogens is 2. The average molecular weight is 392 g/mol. The highest BCUT2D eigenvalue weighted by atomic mass is 16.5. The quantitative estimate of drug-likeness (QED) is 0.513. The number of nitrogens with zero attached hydrogens (tertiary/aromatic N) is 1. The molecule has 0 fully saturated rings. The van der Waals surface area contributed by atoms with Gasteiger partial charge in [-0.05, 0) is 13.8 Å². The van der Waals surface area contributed by atoms with E-state index in [0.717, 1.165) is 21.8 Å². The van der Waals surface area contributed by atoms with E-state index in [9.17, 15) is 19.2 Å². The lowest BCUT2D eigenvalue weighted by Gasteiger charge is -2.18. The average Bonchev–Trinajstić information content (AvgIpc) is 2.69. The van der Waals surface area contributed by atoms with E-state index in [-0.39, 0.29) is 5.78 Å². The lowest BCUT2D eigenvalue weighted by Crippen LogP contribution is -2.32. The van der Waals surface area contributed by atoms with Crippen molar-refractivity contribution in [3.8, 4) is 0 Å². The first kappa shape index (κ1) is 20.0. The second-order valence-electron chi connectivity index (χ2n) is 6.75. The van der Waals surface area contributed by atoms with Crippen molar-refractivity contribution >= 4 is 11.8 Å². The Morgan fingerprint density at radius 1 is 0.931 bits per heavy atom. The van der Waals surface area contributed by atoms with Gasteiger partial charge in [0.2, 0.25) is 5.78 Å². The predicted octanol–water partition coefficient (Wildman–Crippen LogP) is 2.32. The van der Waals surface area contributed by atoms with E-state index in [0.29, 0.717) is 11.1 Å². The summed E-state index contributed by atoms with van der Waals surface area (Å²) in [5.41, 5.74) is 1.65. The number of Topliss-reactive ketones (excluding diaryl/α,β-unsaturated/α-hetero) is 1. The summed E-state index contributed by atoms with van der Waals surface area (Å²) < 4.78 is 6.48. The van der Waals surface area contributed by atoms with Crippen LogP contribution in [0.3, 0.4) is 0 Å². The first-order valence-corrected chi connectivity index (χ1v) is 9.00. The minimum absolute atomic E-state index is 0.365. The van der Waals surface area contributed by atoms with Gasteiger partial charge in [-0.15, -0.1) is 0 Å². The molecular weight excluding hydrogens is 372 g/mol. The maximum atomic E-state index is 13.0. The van der Waals surface area contributed by atoms with Gasteiger partial charge in [0.05, 0.1) is 0 Å². The summed E-state index contributed by atoms with van der Waals surface area (Å²) in [6.07, 6.45) is 0.0507. The molecule has 0 aliphatic heterocycles. The minimum Gasteiger partial charge on any atom is -0.448 e. The van der Waals surface area contributed by atoms with Crippen LogP contribution < -0.4 is 11.2 Å². The normalized spacial score (nSPS) is 11.7. The zero-order valence-corrected chi connectivity index (χ0v) is 16.0. The zero-order chi connectivity index (χ0) is 21.0. The summed E-state index contributed by atoms with van der Waals surface area (Å²) in [4.78, 5) is 50.5. The number of H-pyrrole nitrogens is 1. The lowest BCUT2D eigenvalue weighted by atomic mass is 9.98. The molecule has 0 spiro atoms. The number of esters is 1. The van der Waals surface area contributed by atoms with Crippen molar-refractivity contribution < 1.29 is 14.3 Å². The molecule has 1 atom stereocenters. The SMILES string of the molecule is Cc1ccc(C(=O)[C@H](OC(=O)Cn2ccc(=O)[nH]c2=O)c2ccc(C)cc2)cc1. The Hall–Kier alpha value is -3.74. The largest absolute Gasteiger partial charge is 0.448 e. The Bertz CT molecular complexity index is 1140. The third-order valence-corrected chi connectivity index (χ3v) is 4.40. The Balaban J connectivity index is 1.88. The summed E-state index contributed by atoms with van der Waals surface area (Å²) >= 11 is 0. The molecule has 2 aromatic carbocycles. The lowest BCUT2D eigenvalue weighted by molar-refractivity contribution is -0.148. The molecule has 0 unspecified atom stereocenters. The van der Waals surface area contributed by atoms with Crippen LogP contribution in [0.15, 0.2) is 70.4 Å². The molecule has 29 heavy (non-hydrogen) atoms. The van der Waals surface area contributed by atoms with Crippen LogP contribution in [0.1, 0.15) is 33.2 Å². The molecule has 1 heterocycles. The van der Waals surface area contributed by atoms with Crippen molar-refractivity contribution in [3.63, 3.8) is 0 Å². The van der Waals surface area contributed by atoms with E-state index in [4.69, 9.17) is 4.74 Å². The molecule has 3 aromatic rings. The van der Waals surface area contributed by atoms with Gasteiger partial charge in [0, 0.05) is 23.4 Å². The van der Waals surface area contributed by atoms with E-state index in [1.807, 2.05) is 26.0 Å². The number of rotatable bonds is 6. The summed E-state index contributed by atoms with van der Waals surface area (Å²) in [7, 11) is 0. The molecule has 7 nitrogen and oxygen atoms in total. The number of hydrogen-bond acceptors (Lipinski definition) is 5. The van der Waals surface area contributed by atoms with Gasteiger partial charge >= 0.3 is 11.7 Å². The fraction of sp³-hybridized carbons (Fsp3) is 0.182. The highest BCUT2D eigenvalue weighted by Crippen LogP contribution is 2.24. The number of benzene rings is 2. The molecule has 148 valence electrons. The molecule has 7 heteroatoms. The Morgan fingerprint density at radius 2 is 1.52 bits per heavy atom. The van der Waals surface area contributed by atoms with Crippen LogP contribution >= 0.6 is 0 Å². The van der Waals surface area contributed by atoms with Crippen LogP contribution in [0.25, 0.3) is 0 Å². The number of aromatic amines is 1. The first-order chi connectivity index (χ1) is 13.8. The monoisotopic (exact) mass is 392 g/mol. The molecule has 0 saturated carbocycles. The maximum Gasteiger partial charge on any atom is 0.328 e. The van der Waals surface area contributed by atoms with Crippen molar-refractivity contribution in [2.24, 2.45) is 0 Å². The van der Waals surface area contributed by atoms with Crippen molar-refractivity contribution in [1.29, 1.82) is 0 Å².